The third-order valence-corrected chi connectivity index (χ3v) is 11.8. The van der Waals surface area contributed by atoms with E-state index in [1.807, 2.05) is 0 Å². The summed E-state index contributed by atoms with van der Waals surface area (Å²) in [5.74, 6) is -0.122. The van der Waals surface area contributed by atoms with Gasteiger partial charge in [0.25, 0.3) is 19.9 Å². The lowest BCUT2D eigenvalue weighted by molar-refractivity contribution is -0.385. The van der Waals surface area contributed by atoms with Crippen molar-refractivity contribution in [2.45, 2.75) is 58.2 Å². The first kappa shape index (κ1) is 23.9. The Kier molecular flexibility index (Phi) is 7.66. The molecule has 0 heterocycles. The van der Waals surface area contributed by atoms with Crippen LogP contribution in [0, 0.1) is 10.1 Å². The average molecular weight is 449 g/mol. The van der Waals surface area contributed by atoms with Crippen LogP contribution in [0.4, 0.5) is 11.4 Å². The molecular formula is C22H29ClN2O4Si. The first-order valence-electron chi connectivity index (χ1n) is 10.0. The summed E-state index contributed by atoms with van der Waals surface area (Å²) in [5.41, 5.74) is 1.18. The number of hydrogen-bond acceptors (Lipinski definition) is 4. The number of nitrogens with one attached hydrogen (secondary N) is 1. The molecule has 0 aromatic heterocycles. The number of carbonyl (C=O) groups is 1. The Hall–Kier alpha value is -2.38. The lowest BCUT2D eigenvalue weighted by Crippen LogP contribution is -2.50. The van der Waals surface area contributed by atoms with Crippen LogP contribution in [0.3, 0.4) is 0 Å². The van der Waals surface area contributed by atoms with Crippen molar-refractivity contribution in [2.24, 2.45) is 0 Å². The van der Waals surface area contributed by atoms with Gasteiger partial charge in [0.2, 0.25) is 0 Å². The number of halogens is 1. The van der Waals surface area contributed by atoms with E-state index in [0.29, 0.717) is 33.1 Å². The van der Waals surface area contributed by atoms with Crippen LogP contribution in [0.5, 0.6) is 5.75 Å². The van der Waals surface area contributed by atoms with Gasteiger partial charge >= 0.3 is 0 Å². The summed E-state index contributed by atoms with van der Waals surface area (Å²) in [6.07, 6.45) is 0. The summed E-state index contributed by atoms with van der Waals surface area (Å²) >= 11 is 5.86. The highest BCUT2D eigenvalue weighted by Gasteiger charge is 2.47. The van der Waals surface area contributed by atoms with E-state index in [0.717, 1.165) is 0 Å². The zero-order chi connectivity index (χ0) is 22.6. The van der Waals surface area contributed by atoms with Crippen molar-refractivity contribution in [3.05, 3.63) is 63.2 Å². The Balaban J connectivity index is 2.40. The van der Waals surface area contributed by atoms with Gasteiger partial charge < -0.3 is 9.74 Å². The largest absolute Gasteiger partial charge is 0.543 e. The van der Waals surface area contributed by atoms with Crippen LogP contribution in [0.15, 0.2) is 42.5 Å². The molecule has 0 aliphatic rings. The Morgan fingerprint density at radius 3 is 2.00 bits per heavy atom. The Labute approximate surface area is 183 Å². The molecule has 6 nitrogen and oxygen atoms in total. The molecule has 2 aromatic carbocycles. The molecule has 162 valence electrons. The van der Waals surface area contributed by atoms with Gasteiger partial charge in [0, 0.05) is 10.7 Å². The predicted octanol–water partition coefficient (Wildman–Crippen LogP) is 7.05. The second-order valence-electron chi connectivity index (χ2n) is 8.32. The van der Waals surface area contributed by atoms with Crippen molar-refractivity contribution in [1.29, 1.82) is 0 Å². The molecular weight excluding hydrogens is 420 g/mol. The van der Waals surface area contributed by atoms with Gasteiger partial charge in [0.1, 0.15) is 11.3 Å². The van der Waals surface area contributed by atoms with E-state index in [1.54, 1.807) is 30.3 Å². The highest BCUT2D eigenvalue weighted by Crippen LogP contribution is 2.43. The highest BCUT2D eigenvalue weighted by atomic mass is 35.5. The summed E-state index contributed by atoms with van der Waals surface area (Å²) in [6, 6.07) is 11.0. The number of carbonyl (C=O) groups excluding carboxylic acids is 1. The number of rotatable bonds is 8. The van der Waals surface area contributed by atoms with Gasteiger partial charge in [-0.3, -0.25) is 14.9 Å². The van der Waals surface area contributed by atoms with E-state index in [-0.39, 0.29) is 11.3 Å². The second-order valence-corrected chi connectivity index (χ2v) is 14.1. The molecule has 1 N–H and O–H groups in total. The summed E-state index contributed by atoms with van der Waals surface area (Å²) in [7, 11) is -2.27. The van der Waals surface area contributed by atoms with Crippen LogP contribution in [-0.4, -0.2) is 19.1 Å². The van der Waals surface area contributed by atoms with Crippen LogP contribution >= 0.6 is 11.6 Å². The summed E-state index contributed by atoms with van der Waals surface area (Å²) in [4.78, 5) is 23.8. The van der Waals surface area contributed by atoms with Gasteiger partial charge in [-0.15, -0.1) is 0 Å². The Morgan fingerprint density at radius 2 is 1.53 bits per heavy atom. The zero-order valence-corrected chi connectivity index (χ0v) is 20.0. The highest BCUT2D eigenvalue weighted by molar-refractivity contribution is 6.78. The van der Waals surface area contributed by atoms with Crippen molar-refractivity contribution in [2.75, 3.05) is 5.32 Å². The fraction of sp³-hybridized carbons (Fsp3) is 0.409. The second kappa shape index (κ2) is 9.62. The minimum atomic E-state index is -2.27. The van der Waals surface area contributed by atoms with E-state index in [2.05, 4.69) is 46.9 Å². The molecule has 8 heteroatoms. The van der Waals surface area contributed by atoms with Crippen molar-refractivity contribution < 1.29 is 14.1 Å². The Bertz CT molecular complexity index is 892. The van der Waals surface area contributed by atoms with Gasteiger partial charge in [-0.25, -0.2) is 0 Å². The average Bonchev–Trinajstić information content (AvgIpc) is 2.66. The topological polar surface area (TPSA) is 81.5 Å². The van der Waals surface area contributed by atoms with E-state index >= 15 is 0 Å². The molecule has 0 saturated carbocycles. The number of amides is 1. The molecule has 0 radical (unpaired) electrons. The smallest absolute Gasteiger partial charge is 0.285 e. The van der Waals surface area contributed by atoms with Gasteiger partial charge in [0.05, 0.1) is 11.0 Å². The van der Waals surface area contributed by atoms with E-state index in [1.165, 1.54) is 12.1 Å². The predicted molar refractivity (Wildman–Crippen MR) is 124 cm³/mol. The van der Waals surface area contributed by atoms with Crippen molar-refractivity contribution in [3.63, 3.8) is 0 Å². The van der Waals surface area contributed by atoms with E-state index < -0.39 is 19.1 Å². The minimum Gasteiger partial charge on any atom is -0.543 e. The van der Waals surface area contributed by atoms with Crippen LogP contribution in [0.1, 0.15) is 51.9 Å². The maximum absolute atomic E-state index is 12.7. The lowest BCUT2D eigenvalue weighted by atomic mass is 10.1. The molecule has 30 heavy (non-hydrogen) atoms. The molecule has 0 aliphatic heterocycles. The van der Waals surface area contributed by atoms with Crippen LogP contribution in [0.25, 0.3) is 0 Å². The number of nitro benzene ring substituents is 1. The number of nitrogens with zero attached hydrogens (tertiary/aromatic N) is 1. The summed E-state index contributed by atoms with van der Waals surface area (Å²) in [5, 5.41) is 14.9. The van der Waals surface area contributed by atoms with Crippen LogP contribution in [-0.2, 0) is 0 Å². The normalized spacial score (nSPS) is 11.8. The summed E-state index contributed by atoms with van der Waals surface area (Å²) < 4.78 is 6.53. The minimum absolute atomic E-state index is 0.0202. The standard InChI is InChI=1S/C22H29ClN2O4Si/c1-14(2)30(15(3)4,16(5)6)29-19-11-12-20(21(13-19)25(27)28)22(26)24-18-9-7-17(23)8-10-18/h7-16H,1-6H3,(H,24,26). The number of anilines is 1. The fourth-order valence-corrected chi connectivity index (χ4v) is 9.58. The molecule has 1 amide bonds. The van der Waals surface area contributed by atoms with Crippen LogP contribution in [0.2, 0.25) is 21.6 Å². The third kappa shape index (κ3) is 5.02. The molecule has 0 atom stereocenters. The molecule has 0 aliphatic carbocycles. The molecule has 2 aromatic rings. The number of hydrogen-bond donors (Lipinski definition) is 1. The van der Waals surface area contributed by atoms with Crippen molar-refractivity contribution in [3.8, 4) is 5.75 Å². The van der Waals surface area contributed by atoms with Crippen LogP contribution < -0.4 is 9.74 Å². The molecule has 0 unspecified atom stereocenters. The Morgan fingerprint density at radius 1 is 1.00 bits per heavy atom. The van der Waals surface area contributed by atoms with Gasteiger partial charge in [0.15, 0.2) is 0 Å². The molecule has 0 spiro atoms. The van der Waals surface area contributed by atoms with Crippen molar-refractivity contribution in [1.82, 2.24) is 0 Å². The van der Waals surface area contributed by atoms with Gasteiger partial charge in [-0.1, -0.05) is 53.1 Å². The lowest BCUT2D eigenvalue weighted by Gasteiger charge is -2.42. The number of nitro groups is 1. The molecule has 0 bridgehead atoms. The SMILES string of the molecule is CC(C)[Si](Oc1ccc(C(=O)Nc2ccc(Cl)cc2)c([N+](=O)[O-])c1)(C(C)C)C(C)C. The summed E-state index contributed by atoms with van der Waals surface area (Å²) in [6.45, 7) is 12.9. The first-order chi connectivity index (χ1) is 14.0. The van der Waals surface area contributed by atoms with Gasteiger partial charge in [-0.05, 0) is 53.0 Å². The monoisotopic (exact) mass is 448 g/mol. The molecule has 0 fully saturated rings. The molecule has 2 rings (SSSR count). The maximum atomic E-state index is 12.7. The fourth-order valence-electron chi connectivity index (χ4n) is 4.21. The van der Waals surface area contributed by atoms with E-state index in [9.17, 15) is 14.9 Å². The molecule has 0 saturated heterocycles. The zero-order valence-electron chi connectivity index (χ0n) is 18.2. The quantitative estimate of drug-likeness (QED) is 0.266. The number of benzene rings is 2. The van der Waals surface area contributed by atoms with E-state index in [4.69, 9.17) is 16.0 Å². The van der Waals surface area contributed by atoms with Gasteiger partial charge in [-0.2, -0.15) is 0 Å². The first-order valence-corrected chi connectivity index (χ1v) is 12.5. The third-order valence-electron chi connectivity index (χ3n) is 5.51. The maximum Gasteiger partial charge on any atom is 0.285 e. The van der Waals surface area contributed by atoms with Crippen molar-refractivity contribution >= 4 is 37.2 Å².